The highest BCUT2D eigenvalue weighted by atomic mass is 16.2. The van der Waals surface area contributed by atoms with Crippen LogP contribution in [0.2, 0.25) is 0 Å². The molecule has 0 bridgehead atoms. The van der Waals surface area contributed by atoms with E-state index in [0.717, 1.165) is 0 Å². The highest BCUT2D eigenvalue weighted by molar-refractivity contribution is 5.98. The summed E-state index contributed by atoms with van der Waals surface area (Å²) < 4.78 is 0. The molecule has 5 heteroatoms. The molecule has 0 spiro atoms. The molecule has 2 amide bonds. The Hall–Kier alpha value is -2.14. The van der Waals surface area contributed by atoms with E-state index in [0.29, 0.717) is 23.4 Å². The van der Waals surface area contributed by atoms with E-state index in [9.17, 15) is 9.59 Å². The second-order valence-corrected chi connectivity index (χ2v) is 3.81. The van der Waals surface area contributed by atoms with Crippen molar-refractivity contribution < 1.29 is 9.59 Å². The van der Waals surface area contributed by atoms with Crippen molar-refractivity contribution in [1.29, 1.82) is 0 Å². The largest absolute Gasteiger partial charge is 0.366 e. The minimum Gasteiger partial charge on any atom is -0.366 e. The molecular weight excluding hydrogens is 230 g/mol. The third kappa shape index (κ3) is 3.71. The van der Waals surface area contributed by atoms with Crippen LogP contribution in [0.4, 0.5) is 5.69 Å². The van der Waals surface area contributed by atoms with Gasteiger partial charge < -0.3 is 16.4 Å². The van der Waals surface area contributed by atoms with Crippen molar-refractivity contribution in [3.05, 3.63) is 42.0 Å². The number of carbonyl (C=O) groups is 2. The van der Waals surface area contributed by atoms with E-state index in [2.05, 4.69) is 17.2 Å². The fraction of sp³-hybridized carbons (Fsp3) is 0.231. The number of nitrogens with two attached hydrogens (primary N) is 1. The molecule has 0 aliphatic rings. The van der Waals surface area contributed by atoms with Gasteiger partial charge in [0.15, 0.2) is 0 Å². The summed E-state index contributed by atoms with van der Waals surface area (Å²) in [4.78, 5) is 22.8. The van der Waals surface area contributed by atoms with E-state index < -0.39 is 5.91 Å². The molecule has 0 saturated heterocycles. The standard InChI is InChI=1S/C13H17N3O2/c1-3-7-15-8-12(17)16-11-6-4-5-10(9(11)2)13(14)18/h3-6,15H,1,7-8H2,2H3,(H2,14,18)(H,16,17). The Morgan fingerprint density at radius 3 is 2.78 bits per heavy atom. The number of amides is 2. The zero-order valence-electron chi connectivity index (χ0n) is 10.3. The van der Waals surface area contributed by atoms with Gasteiger partial charge >= 0.3 is 0 Å². The average molecular weight is 247 g/mol. The molecule has 0 aliphatic heterocycles. The van der Waals surface area contributed by atoms with Crippen molar-refractivity contribution in [3.63, 3.8) is 0 Å². The molecule has 0 saturated carbocycles. The average Bonchev–Trinajstić information content (AvgIpc) is 2.32. The van der Waals surface area contributed by atoms with Crippen LogP contribution in [0.25, 0.3) is 0 Å². The number of rotatable bonds is 6. The van der Waals surface area contributed by atoms with Crippen molar-refractivity contribution in [2.45, 2.75) is 6.92 Å². The fourth-order valence-corrected chi connectivity index (χ4v) is 1.52. The molecular formula is C13H17N3O2. The van der Waals surface area contributed by atoms with Crippen LogP contribution >= 0.6 is 0 Å². The zero-order chi connectivity index (χ0) is 13.5. The second kappa shape index (κ2) is 6.56. The van der Waals surface area contributed by atoms with Gasteiger partial charge in [-0.05, 0) is 24.6 Å². The van der Waals surface area contributed by atoms with Crippen LogP contribution in [0, 0.1) is 6.92 Å². The maximum atomic E-state index is 11.6. The topological polar surface area (TPSA) is 84.2 Å². The monoisotopic (exact) mass is 247 g/mol. The molecule has 1 aromatic rings. The first-order valence-corrected chi connectivity index (χ1v) is 5.57. The lowest BCUT2D eigenvalue weighted by molar-refractivity contribution is -0.115. The Bertz CT molecular complexity index is 469. The smallest absolute Gasteiger partial charge is 0.249 e. The van der Waals surface area contributed by atoms with Gasteiger partial charge in [0.2, 0.25) is 11.8 Å². The Kier molecular flexibility index (Phi) is 5.07. The number of primary amides is 1. The quantitative estimate of drug-likeness (QED) is 0.513. The number of hydrogen-bond acceptors (Lipinski definition) is 3. The van der Waals surface area contributed by atoms with Gasteiger partial charge in [-0.2, -0.15) is 0 Å². The molecule has 4 N–H and O–H groups in total. The van der Waals surface area contributed by atoms with Crippen LogP contribution in [0.15, 0.2) is 30.9 Å². The minimum atomic E-state index is -0.506. The van der Waals surface area contributed by atoms with E-state index >= 15 is 0 Å². The van der Waals surface area contributed by atoms with Gasteiger partial charge in [0.05, 0.1) is 6.54 Å². The predicted octanol–water partition coefficient (Wildman–Crippen LogP) is 0.808. The summed E-state index contributed by atoms with van der Waals surface area (Å²) in [7, 11) is 0. The molecule has 0 aliphatic carbocycles. The lowest BCUT2D eigenvalue weighted by Gasteiger charge is -2.10. The summed E-state index contributed by atoms with van der Waals surface area (Å²) >= 11 is 0. The molecule has 18 heavy (non-hydrogen) atoms. The van der Waals surface area contributed by atoms with Gasteiger partial charge in [0, 0.05) is 17.8 Å². The van der Waals surface area contributed by atoms with E-state index in [1.165, 1.54) is 0 Å². The highest BCUT2D eigenvalue weighted by Gasteiger charge is 2.10. The summed E-state index contributed by atoms with van der Waals surface area (Å²) in [5, 5.41) is 5.61. The van der Waals surface area contributed by atoms with Crippen LogP contribution in [-0.2, 0) is 4.79 Å². The van der Waals surface area contributed by atoms with E-state index in [1.54, 1.807) is 31.2 Å². The maximum absolute atomic E-state index is 11.6. The Morgan fingerprint density at radius 2 is 2.17 bits per heavy atom. The van der Waals surface area contributed by atoms with Crippen LogP contribution in [0.5, 0.6) is 0 Å². The highest BCUT2D eigenvalue weighted by Crippen LogP contribution is 2.18. The van der Waals surface area contributed by atoms with Crippen molar-refractivity contribution in [1.82, 2.24) is 5.32 Å². The molecule has 0 aromatic heterocycles. The molecule has 0 atom stereocenters. The van der Waals surface area contributed by atoms with Gasteiger partial charge in [0.1, 0.15) is 0 Å². The van der Waals surface area contributed by atoms with Crippen molar-refractivity contribution >= 4 is 17.5 Å². The van der Waals surface area contributed by atoms with Gasteiger partial charge in [0.25, 0.3) is 0 Å². The number of carbonyl (C=O) groups excluding carboxylic acids is 2. The van der Waals surface area contributed by atoms with Gasteiger partial charge in [-0.1, -0.05) is 12.1 Å². The van der Waals surface area contributed by atoms with Crippen molar-refractivity contribution in [2.24, 2.45) is 5.73 Å². The van der Waals surface area contributed by atoms with Crippen LogP contribution < -0.4 is 16.4 Å². The summed E-state index contributed by atoms with van der Waals surface area (Å²) in [6.45, 7) is 6.03. The maximum Gasteiger partial charge on any atom is 0.249 e. The first kappa shape index (κ1) is 13.9. The van der Waals surface area contributed by atoms with Gasteiger partial charge in [-0.25, -0.2) is 0 Å². The molecule has 0 unspecified atom stereocenters. The van der Waals surface area contributed by atoms with E-state index in [-0.39, 0.29) is 12.5 Å². The lowest BCUT2D eigenvalue weighted by atomic mass is 10.1. The molecule has 1 aromatic carbocycles. The first-order chi connectivity index (χ1) is 8.56. The third-order valence-electron chi connectivity index (χ3n) is 2.45. The number of anilines is 1. The minimum absolute atomic E-state index is 0.179. The number of benzene rings is 1. The second-order valence-electron chi connectivity index (χ2n) is 3.81. The van der Waals surface area contributed by atoms with E-state index in [1.807, 2.05) is 0 Å². The Morgan fingerprint density at radius 1 is 1.44 bits per heavy atom. The predicted molar refractivity (Wildman–Crippen MR) is 71.4 cm³/mol. The number of nitrogens with one attached hydrogen (secondary N) is 2. The fourth-order valence-electron chi connectivity index (χ4n) is 1.52. The van der Waals surface area contributed by atoms with Crippen molar-refractivity contribution in [3.8, 4) is 0 Å². The van der Waals surface area contributed by atoms with Gasteiger partial charge in [-0.3, -0.25) is 9.59 Å². The first-order valence-electron chi connectivity index (χ1n) is 5.57. The van der Waals surface area contributed by atoms with Crippen molar-refractivity contribution in [2.75, 3.05) is 18.4 Å². The molecule has 0 radical (unpaired) electrons. The molecule has 96 valence electrons. The Balaban J connectivity index is 2.73. The van der Waals surface area contributed by atoms with Crippen LogP contribution in [0.1, 0.15) is 15.9 Å². The molecule has 1 rings (SSSR count). The molecule has 0 heterocycles. The van der Waals surface area contributed by atoms with E-state index in [4.69, 9.17) is 5.73 Å². The Labute approximate surface area is 106 Å². The lowest BCUT2D eigenvalue weighted by Crippen LogP contribution is -2.28. The number of hydrogen-bond donors (Lipinski definition) is 3. The summed E-state index contributed by atoms with van der Waals surface area (Å²) in [5.41, 5.74) is 6.91. The summed E-state index contributed by atoms with van der Waals surface area (Å²) in [5.74, 6) is -0.685. The molecule has 0 fully saturated rings. The normalized spacial score (nSPS) is 9.83. The zero-order valence-corrected chi connectivity index (χ0v) is 10.3. The third-order valence-corrected chi connectivity index (χ3v) is 2.45. The van der Waals surface area contributed by atoms with Crippen LogP contribution in [0.3, 0.4) is 0 Å². The summed E-state index contributed by atoms with van der Waals surface area (Å²) in [6, 6.07) is 5.04. The molecule has 5 nitrogen and oxygen atoms in total. The summed E-state index contributed by atoms with van der Waals surface area (Å²) in [6.07, 6.45) is 1.67. The SMILES string of the molecule is C=CCNCC(=O)Nc1cccc(C(N)=O)c1C. The van der Waals surface area contributed by atoms with Crippen LogP contribution in [-0.4, -0.2) is 24.9 Å². The van der Waals surface area contributed by atoms with Gasteiger partial charge in [-0.15, -0.1) is 6.58 Å².